The topological polar surface area (TPSA) is 43.4 Å². The predicted octanol–water partition coefficient (Wildman–Crippen LogP) is 5.95. The zero-order valence-corrected chi connectivity index (χ0v) is 17.9. The highest BCUT2D eigenvalue weighted by Gasteiger charge is 2.43. The van der Waals surface area contributed by atoms with Crippen LogP contribution in [0.3, 0.4) is 0 Å². The monoisotopic (exact) mass is 378 g/mol. The largest absolute Gasteiger partial charge is 0.297 e. The molecule has 0 amide bonds. The molecule has 3 atom stereocenters. The molecule has 0 radical (unpaired) electrons. The van der Waals surface area contributed by atoms with Crippen molar-refractivity contribution in [1.29, 1.82) is 0 Å². The van der Waals surface area contributed by atoms with E-state index in [0.29, 0.717) is 22.6 Å². The summed E-state index contributed by atoms with van der Waals surface area (Å²) in [6.07, 6.45) is 4.28. The van der Waals surface area contributed by atoms with E-state index in [-0.39, 0.29) is 17.9 Å². The molecule has 1 aromatic rings. The van der Waals surface area contributed by atoms with Crippen molar-refractivity contribution in [3.05, 3.63) is 28.8 Å². The van der Waals surface area contributed by atoms with Gasteiger partial charge in [-0.15, -0.1) is 0 Å². The predicted molar refractivity (Wildman–Crippen MR) is 106 cm³/mol. The van der Waals surface area contributed by atoms with Crippen LogP contribution in [0, 0.1) is 11.8 Å². The van der Waals surface area contributed by atoms with Gasteiger partial charge in [-0.25, -0.2) is 0 Å². The quantitative estimate of drug-likeness (QED) is 0.574. The summed E-state index contributed by atoms with van der Waals surface area (Å²) in [7, 11) is -3.76. The Morgan fingerprint density at radius 3 is 1.85 bits per heavy atom. The van der Waals surface area contributed by atoms with Crippen molar-refractivity contribution < 1.29 is 12.6 Å². The fraction of sp³-hybridized carbons (Fsp3) is 0.727. The molecule has 2 fully saturated rings. The molecular weight excluding hydrogens is 344 g/mol. The van der Waals surface area contributed by atoms with E-state index in [1.807, 2.05) is 0 Å². The first-order chi connectivity index (χ1) is 12.1. The zero-order chi connectivity index (χ0) is 19.2. The van der Waals surface area contributed by atoms with Gasteiger partial charge in [0.05, 0.1) is 6.10 Å². The first-order valence-corrected chi connectivity index (χ1v) is 11.6. The van der Waals surface area contributed by atoms with Crippen LogP contribution in [-0.4, -0.2) is 14.5 Å². The Bertz CT molecular complexity index is 733. The molecule has 0 aliphatic heterocycles. The van der Waals surface area contributed by atoms with E-state index in [0.717, 1.165) is 30.4 Å². The standard InChI is InChI=1S/C22H34O3S/c1-13(2)18-11-19(14(3)4)22(20(12-18)15(5)6)26(23,24)25-21-10-16-7-8-17(21)9-16/h11-17,21H,7-10H2,1-6H3/t16-,17+,21-/m1/s1. The minimum atomic E-state index is -3.76. The van der Waals surface area contributed by atoms with Gasteiger partial charge in [-0.05, 0) is 72.0 Å². The van der Waals surface area contributed by atoms with Crippen LogP contribution in [0.5, 0.6) is 0 Å². The molecule has 26 heavy (non-hydrogen) atoms. The van der Waals surface area contributed by atoms with Crippen LogP contribution in [0.2, 0.25) is 0 Å². The average Bonchev–Trinajstić information content (AvgIpc) is 3.15. The summed E-state index contributed by atoms with van der Waals surface area (Å²) >= 11 is 0. The smallest absolute Gasteiger partial charge is 0.263 e. The lowest BCUT2D eigenvalue weighted by Crippen LogP contribution is -2.26. The normalized spacial score (nSPS) is 25.8. The van der Waals surface area contributed by atoms with Crippen molar-refractivity contribution in [2.24, 2.45) is 11.8 Å². The van der Waals surface area contributed by atoms with Gasteiger partial charge >= 0.3 is 0 Å². The Labute approximate surface area is 159 Å². The molecule has 146 valence electrons. The van der Waals surface area contributed by atoms with E-state index in [4.69, 9.17) is 4.18 Å². The van der Waals surface area contributed by atoms with Crippen molar-refractivity contribution in [2.75, 3.05) is 0 Å². The summed E-state index contributed by atoms with van der Waals surface area (Å²) in [5.74, 6) is 1.74. The minimum absolute atomic E-state index is 0.122. The molecule has 0 saturated heterocycles. The van der Waals surface area contributed by atoms with Crippen molar-refractivity contribution in [3.63, 3.8) is 0 Å². The summed E-state index contributed by atoms with van der Waals surface area (Å²) in [6.45, 7) is 12.6. The number of rotatable bonds is 6. The van der Waals surface area contributed by atoms with Gasteiger partial charge < -0.3 is 0 Å². The van der Waals surface area contributed by atoms with Gasteiger partial charge in [-0.3, -0.25) is 4.18 Å². The summed E-state index contributed by atoms with van der Waals surface area (Å²) in [6, 6.07) is 4.16. The molecule has 2 aliphatic rings. The lowest BCUT2D eigenvalue weighted by molar-refractivity contribution is 0.145. The molecular formula is C22H34O3S. The van der Waals surface area contributed by atoms with Gasteiger partial charge in [0.25, 0.3) is 10.1 Å². The first kappa shape index (κ1) is 19.9. The van der Waals surface area contributed by atoms with Gasteiger partial charge in [0.15, 0.2) is 0 Å². The second-order valence-electron chi connectivity index (χ2n) is 9.26. The lowest BCUT2D eigenvalue weighted by atomic mass is 9.89. The lowest BCUT2D eigenvalue weighted by Gasteiger charge is -2.26. The van der Waals surface area contributed by atoms with Crippen LogP contribution in [0.15, 0.2) is 17.0 Å². The Morgan fingerprint density at radius 2 is 1.46 bits per heavy atom. The zero-order valence-electron chi connectivity index (χ0n) is 17.1. The van der Waals surface area contributed by atoms with E-state index in [1.165, 1.54) is 12.0 Å². The van der Waals surface area contributed by atoms with Crippen LogP contribution in [0.4, 0.5) is 0 Å². The molecule has 4 heteroatoms. The van der Waals surface area contributed by atoms with E-state index >= 15 is 0 Å². The SMILES string of the molecule is CC(C)c1cc(C(C)C)c(S(=O)(=O)O[C@@H]2C[C@@H]3CC[C@H]2C3)c(C(C)C)c1. The molecule has 0 N–H and O–H groups in total. The molecule has 0 heterocycles. The number of benzene rings is 1. The first-order valence-electron chi connectivity index (χ1n) is 10.2. The van der Waals surface area contributed by atoms with Crippen molar-refractivity contribution >= 4 is 10.1 Å². The molecule has 3 nitrogen and oxygen atoms in total. The highest BCUT2D eigenvalue weighted by molar-refractivity contribution is 7.86. The van der Waals surface area contributed by atoms with E-state index in [1.54, 1.807) is 0 Å². The Kier molecular flexibility index (Phi) is 5.56. The molecule has 2 saturated carbocycles. The maximum atomic E-state index is 13.4. The molecule has 0 spiro atoms. The van der Waals surface area contributed by atoms with Crippen LogP contribution >= 0.6 is 0 Å². The summed E-state index contributed by atoms with van der Waals surface area (Å²) in [4.78, 5) is 0.440. The third kappa shape index (κ3) is 3.73. The Morgan fingerprint density at radius 1 is 0.885 bits per heavy atom. The van der Waals surface area contributed by atoms with Crippen molar-refractivity contribution in [2.45, 2.75) is 96.0 Å². The Balaban J connectivity index is 2.06. The van der Waals surface area contributed by atoms with E-state index in [2.05, 4.69) is 53.7 Å². The summed E-state index contributed by atoms with van der Waals surface area (Å²) < 4.78 is 32.6. The summed E-state index contributed by atoms with van der Waals surface area (Å²) in [5, 5.41) is 0. The van der Waals surface area contributed by atoms with Crippen LogP contribution < -0.4 is 0 Å². The van der Waals surface area contributed by atoms with Gasteiger partial charge in [-0.2, -0.15) is 8.42 Å². The van der Waals surface area contributed by atoms with Gasteiger partial charge in [0.1, 0.15) is 4.90 Å². The second-order valence-corrected chi connectivity index (χ2v) is 10.8. The Hall–Kier alpha value is -0.870. The fourth-order valence-corrected chi connectivity index (χ4v) is 6.52. The highest BCUT2D eigenvalue weighted by Crippen LogP contribution is 2.47. The molecule has 2 bridgehead atoms. The molecule has 3 rings (SSSR count). The van der Waals surface area contributed by atoms with Gasteiger partial charge in [0.2, 0.25) is 0 Å². The van der Waals surface area contributed by atoms with Crippen molar-refractivity contribution in [3.8, 4) is 0 Å². The number of fused-ring (bicyclic) bond motifs is 2. The third-order valence-corrected chi connectivity index (χ3v) is 7.72. The number of hydrogen-bond acceptors (Lipinski definition) is 3. The van der Waals surface area contributed by atoms with E-state index < -0.39 is 10.1 Å². The molecule has 0 aromatic heterocycles. The minimum Gasteiger partial charge on any atom is -0.263 e. The fourth-order valence-electron chi connectivity index (χ4n) is 4.69. The highest BCUT2D eigenvalue weighted by atomic mass is 32.2. The molecule has 1 aromatic carbocycles. The summed E-state index contributed by atoms with van der Waals surface area (Å²) in [5.41, 5.74) is 3.02. The van der Waals surface area contributed by atoms with Crippen molar-refractivity contribution in [1.82, 2.24) is 0 Å². The molecule has 2 aliphatic carbocycles. The third-order valence-electron chi connectivity index (χ3n) is 6.25. The second kappa shape index (κ2) is 7.27. The number of hydrogen-bond donors (Lipinski definition) is 0. The average molecular weight is 379 g/mol. The molecule has 0 unspecified atom stereocenters. The van der Waals surface area contributed by atoms with Crippen LogP contribution in [-0.2, 0) is 14.3 Å². The van der Waals surface area contributed by atoms with E-state index in [9.17, 15) is 8.42 Å². The van der Waals surface area contributed by atoms with Crippen LogP contribution in [0.25, 0.3) is 0 Å². The maximum absolute atomic E-state index is 13.4. The van der Waals surface area contributed by atoms with Gasteiger partial charge in [-0.1, -0.05) is 53.7 Å². The van der Waals surface area contributed by atoms with Gasteiger partial charge in [0, 0.05) is 0 Å². The maximum Gasteiger partial charge on any atom is 0.297 e. The van der Waals surface area contributed by atoms with Crippen LogP contribution in [0.1, 0.15) is 102 Å².